The molecule has 0 saturated carbocycles. The molecule has 2 aliphatic rings. The van der Waals surface area contributed by atoms with Crippen LogP contribution in [0.4, 0.5) is 0 Å². The van der Waals surface area contributed by atoms with Crippen molar-refractivity contribution in [2.24, 2.45) is 16.7 Å². The van der Waals surface area contributed by atoms with E-state index in [1.807, 2.05) is 19.9 Å². The number of nitrogens with zero attached hydrogens (tertiary/aromatic N) is 3. The molecule has 0 aromatic heterocycles. The summed E-state index contributed by atoms with van der Waals surface area (Å²) >= 11 is 3.47. The van der Waals surface area contributed by atoms with Crippen LogP contribution in [0.5, 0.6) is 0 Å². The zero-order chi connectivity index (χ0) is 19.9. The summed E-state index contributed by atoms with van der Waals surface area (Å²) in [6, 6.07) is 13.5. The molecule has 0 spiro atoms. The van der Waals surface area contributed by atoms with Gasteiger partial charge in [-0.05, 0) is 24.5 Å². The van der Waals surface area contributed by atoms with Crippen molar-refractivity contribution in [2.75, 3.05) is 0 Å². The normalized spacial score (nSPS) is 33.4. The number of nitrogens with one attached hydrogen (secondary N) is 1. The fourth-order valence-electron chi connectivity index (χ4n) is 4.64. The molecule has 0 amide bonds. The molecule has 138 valence electrons. The zero-order valence-electron chi connectivity index (χ0n) is 15.1. The van der Waals surface area contributed by atoms with Gasteiger partial charge >= 0.3 is 0 Å². The van der Waals surface area contributed by atoms with E-state index in [0.29, 0.717) is 29.3 Å². The largest absolute Gasteiger partial charge is 0.447 e. The lowest BCUT2D eigenvalue weighted by molar-refractivity contribution is -0.286. The summed E-state index contributed by atoms with van der Waals surface area (Å²) in [6.07, 6.45) is 0.592. The van der Waals surface area contributed by atoms with Crippen LogP contribution in [0, 0.1) is 56.2 Å². The highest BCUT2D eigenvalue weighted by molar-refractivity contribution is 9.10. The van der Waals surface area contributed by atoms with Crippen LogP contribution in [-0.4, -0.2) is 11.7 Å². The molecule has 2 saturated heterocycles. The Bertz CT molecular complexity index is 898. The fraction of sp³-hybridized carbons (Fsp3) is 0.500. The molecular formula is C20H19BrN4O2. The molecule has 1 aromatic rings. The van der Waals surface area contributed by atoms with Gasteiger partial charge in [0.25, 0.3) is 0 Å². The van der Waals surface area contributed by atoms with E-state index < -0.39 is 28.6 Å². The van der Waals surface area contributed by atoms with Crippen LogP contribution in [0.15, 0.2) is 28.7 Å². The number of rotatable bonds is 4. The summed E-state index contributed by atoms with van der Waals surface area (Å²) in [7, 11) is 0. The van der Waals surface area contributed by atoms with Gasteiger partial charge in [-0.3, -0.25) is 5.41 Å². The first-order chi connectivity index (χ1) is 12.9. The van der Waals surface area contributed by atoms with Gasteiger partial charge in [-0.25, -0.2) is 0 Å². The van der Waals surface area contributed by atoms with Crippen molar-refractivity contribution in [1.29, 1.82) is 21.2 Å². The van der Waals surface area contributed by atoms with Crippen molar-refractivity contribution >= 4 is 21.8 Å². The van der Waals surface area contributed by atoms with Crippen LogP contribution in [0.2, 0.25) is 0 Å². The van der Waals surface area contributed by atoms with Crippen LogP contribution in [0.25, 0.3) is 0 Å². The van der Waals surface area contributed by atoms with E-state index >= 15 is 0 Å². The van der Waals surface area contributed by atoms with Crippen molar-refractivity contribution in [1.82, 2.24) is 0 Å². The molecule has 0 aliphatic carbocycles. The maximum atomic E-state index is 10.2. The molecule has 6 nitrogen and oxygen atoms in total. The molecule has 7 heteroatoms. The Balaban J connectivity index is 2.37. The number of nitriles is 3. The number of halogens is 1. The summed E-state index contributed by atoms with van der Waals surface area (Å²) in [5, 5.41) is 39.0. The predicted molar refractivity (Wildman–Crippen MR) is 99.9 cm³/mol. The molecule has 2 bridgehead atoms. The van der Waals surface area contributed by atoms with E-state index in [0.717, 1.165) is 0 Å². The quantitative estimate of drug-likeness (QED) is 0.755. The van der Waals surface area contributed by atoms with Crippen molar-refractivity contribution in [3.63, 3.8) is 0 Å². The highest BCUT2D eigenvalue weighted by Gasteiger charge is 2.79. The lowest BCUT2D eigenvalue weighted by Gasteiger charge is -2.49. The zero-order valence-corrected chi connectivity index (χ0v) is 16.7. The van der Waals surface area contributed by atoms with Crippen molar-refractivity contribution in [3.05, 3.63) is 34.3 Å². The highest BCUT2D eigenvalue weighted by Crippen LogP contribution is 2.68. The molecule has 1 aromatic carbocycles. The van der Waals surface area contributed by atoms with Crippen LogP contribution in [0.3, 0.4) is 0 Å². The second-order valence-electron chi connectivity index (χ2n) is 6.92. The topological polar surface area (TPSA) is 114 Å². The lowest BCUT2D eigenvalue weighted by Crippen LogP contribution is -2.59. The Morgan fingerprint density at radius 2 is 1.81 bits per heavy atom. The van der Waals surface area contributed by atoms with Gasteiger partial charge in [0.2, 0.25) is 17.1 Å². The number of fused-ring (bicyclic) bond motifs is 2. The van der Waals surface area contributed by atoms with Gasteiger partial charge in [0.15, 0.2) is 5.41 Å². The minimum Gasteiger partial charge on any atom is -0.447 e. The van der Waals surface area contributed by atoms with Gasteiger partial charge in [0, 0.05) is 10.9 Å². The maximum Gasteiger partial charge on any atom is 0.217 e. The Morgan fingerprint density at radius 3 is 2.33 bits per heavy atom. The molecular weight excluding hydrogens is 408 g/mol. The molecule has 1 N–H and O–H groups in total. The molecule has 27 heavy (non-hydrogen) atoms. The Labute approximate surface area is 166 Å². The molecule has 0 radical (unpaired) electrons. The Kier molecular flexibility index (Phi) is 4.76. The van der Waals surface area contributed by atoms with E-state index in [4.69, 9.17) is 14.9 Å². The summed E-state index contributed by atoms with van der Waals surface area (Å²) < 4.78 is 12.9. The van der Waals surface area contributed by atoms with Gasteiger partial charge < -0.3 is 9.47 Å². The number of benzene rings is 1. The summed E-state index contributed by atoms with van der Waals surface area (Å²) in [6.45, 7) is 3.83. The molecule has 4 unspecified atom stereocenters. The summed E-state index contributed by atoms with van der Waals surface area (Å²) in [4.78, 5) is 0. The predicted octanol–water partition coefficient (Wildman–Crippen LogP) is 4.59. The Morgan fingerprint density at radius 1 is 1.15 bits per heavy atom. The van der Waals surface area contributed by atoms with Crippen LogP contribution < -0.4 is 0 Å². The van der Waals surface area contributed by atoms with Gasteiger partial charge in [-0.2, -0.15) is 15.8 Å². The third kappa shape index (κ3) is 2.21. The second kappa shape index (κ2) is 6.64. The van der Waals surface area contributed by atoms with Crippen molar-refractivity contribution in [3.8, 4) is 18.2 Å². The standard InChI is InChI=1S/C20H19BrN4O2/c1-3-9-20-15(4-2)19(12-24,17(25)27-20)18(10-22,11-23)16(26-20)13-7-5-6-8-14(13)21/h5-8,15-16,25H,3-4,9H2,1-2H3. The minimum atomic E-state index is -1.91. The van der Waals surface area contributed by atoms with Gasteiger partial charge in [-0.1, -0.05) is 48.0 Å². The van der Waals surface area contributed by atoms with E-state index in [1.54, 1.807) is 18.2 Å². The molecule has 2 heterocycles. The molecule has 2 aliphatic heterocycles. The van der Waals surface area contributed by atoms with Crippen LogP contribution >= 0.6 is 15.9 Å². The first-order valence-corrected chi connectivity index (χ1v) is 9.66. The highest BCUT2D eigenvalue weighted by atomic mass is 79.9. The van der Waals surface area contributed by atoms with E-state index in [-0.39, 0.29) is 5.90 Å². The molecule has 2 fully saturated rings. The van der Waals surface area contributed by atoms with Gasteiger partial charge in [0.05, 0.1) is 24.1 Å². The molecule has 3 rings (SSSR count). The maximum absolute atomic E-state index is 10.2. The van der Waals surface area contributed by atoms with E-state index in [9.17, 15) is 15.8 Å². The number of hydrogen-bond donors (Lipinski definition) is 1. The second-order valence-corrected chi connectivity index (χ2v) is 7.78. The minimum absolute atomic E-state index is 0.344. The third-order valence-electron chi connectivity index (χ3n) is 5.74. The van der Waals surface area contributed by atoms with Crippen LogP contribution in [-0.2, 0) is 9.47 Å². The third-order valence-corrected chi connectivity index (χ3v) is 6.46. The summed E-state index contributed by atoms with van der Waals surface area (Å²) in [5.74, 6) is -2.13. The van der Waals surface area contributed by atoms with Crippen molar-refractivity contribution < 1.29 is 9.47 Å². The number of hydrogen-bond acceptors (Lipinski definition) is 6. The van der Waals surface area contributed by atoms with E-state index in [1.165, 1.54) is 0 Å². The van der Waals surface area contributed by atoms with Gasteiger partial charge in [0.1, 0.15) is 6.10 Å². The fourth-order valence-corrected chi connectivity index (χ4v) is 5.13. The monoisotopic (exact) mass is 426 g/mol. The van der Waals surface area contributed by atoms with Gasteiger partial charge in [-0.15, -0.1) is 0 Å². The average molecular weight is 427 g/mol. The summed E-state index contributed by atoms with van der Waals surface area (Å²) in [5.41, 5.74) is -3.01. The smallest absolute Gasteiger partial charge is 0.217 e. The van der Waals surface area contributed by atoms with E-state index in [2.05, 4.69) is 34.1 Å². The molecule has 4 atom stereocenters. The lowest BCUT2D eigenvalue weighted by atomic mass is 9.52. The first kappa shape index (κ1) is 19.4. The average Bonchev–Trinajstić information content (AvgIpc) is 2.86. The van der Waals surface area contributed by atoms with Crippen molar-refractivity contribution in [2.45, 2.75) is 45.0 Å². The van der Waals surface area contributed by atoms with Crippen LogP contribution in [0.1, 0.15) is 44.8 Å². The Hall–Kier alpha value is -2.40. The SMILES string of the molecule is CCCC12OC(=N)C(C#N)(C1CC)C(C#N)(C#N)C(c1ccccc1Br)O2. The number of ether oxygens (including phenoxy) is 2. The first-order valence-electron chi connectivity index (χ1n) is 8.87.